The molecule has 15 heavy (non-hydrogen) atoms. The van der Waals surface area contributed by atoms with Gasteiger partial charge in [0.15, 0.2) is 0 Å². The molecule has 0 aliphatic heterocycles. The van der Waals surface area contributed by atoms with Crippen molar-refractivity contribution < 1.29 is 14.3 Å². The zero-order valence-corrected chi connectivity index (χ0v) is 9.26. The zero-order chi connectivity index (χ0) is 11.5. The van der Waals surface area contributed by atoms with E-state index in [1.54, 1.807) is 14.2 Å². The number of carbonyl (C=O) groups excluding carboxylic acids is 2. The Hall–Kier alpha value is -1.14. The lowest BCUT2D eigenvalue weighted by atomic mass is 10.4. The average Bonchev–Trinajstić information content (AvgIpc) is 2.24. The van der Waals surface area contributed by atoms with E-state index < -0.39 is 0 Å². The molecule has 2 amide bonds. The van der Waals surface area contributed by atoms with Crippen molar-refractivity contribution in [2.24, 2.45) is 0 Å². The fourth-order valence-electron chi connectivity index (χ4n) is 0.873. The Morgan fingerprint density at radius 1 is 1.20 bits per heavy atom. The standard InChI is InChI=1S/C9H19N3O3/c1-10-9(14)7-11-4-3-8(13)12-5-6-15-2/h11H,3-7H2,1-2H3,(H,10,14)(H,12,13). The van der Waals surface area contributed by atoms with Crippen molar-refractivity contribution in [3.05, 3.63) is 0 Å². The minimum absolute atomic E-state index is 0.0449. The molecule has 0 aromatic rings. The first-order valence-electron chi connectivity index (χ1n) is 4.87. The van der Waals surface area contributed by atoms with Gasteiger partial charge in [-0.3, -0.25) is 9.59 Å². The molecule has 0 spiro atoms. The van der Waals surface area contributed by atoms with E-state index in [4.69, 9.17) is 4.74 Å². The number of hydrogen-bond donors (Lipinski definition) is 3. The molecule has 0 bridgehead atoms. The Kier molecular flexibility index (Phi) is 8.70. The van der Waals surface area contributed by atoms with Gasteiger partial charge in [-0.15, -0.1) is 0 Å². The first-order valence-corrected chi connectivity index (χ1v) is 4.87. The molecule has 0 radical (unpaired) electrons. The minimum atomic E-state index is -0.0882. The molecule has 0 heterocycles. The molecule has 0 saturated heterocycles. The maximum absolute atomic E-state index is 11.1. The molecular formula is C9H19N3O3. The summed E-state index contributed by atoms with van der Waals surface area (Å²) < 4.78 is 4.78. The van der Waals surface area contributed by atoms with Crippen LogP contribution in [0.15, 0.2) is 0 Å². The molecule has 0 aromatic heterocycles. The number of likely N-dealkylation sites (N-methyl/N-ethyl adjacent to an activating group) is 1. The number of carbonyl (C=O) groups is 2. The van der Waals surface area contributed by atoms with E-state index in [9.17, 15) is 9.59 Å². The zero-order valence-electron chi connectivity index (χ0n) is 9.26. The quantitative estimate of drug-likeness (QED) is 0.431. The molecule has 0 rings (SSSR count). The smallest absolute Gasteiger partial charge is 0.233 e. The lowest BCUT2D eigenvalue weighted by molar-refractivity contribution is -0.122. The van der Waals surface area contributed by atoms with Gasteiger partial charge in [-0.1, -0.05) is 0 Å². The number of amides is 2. The van der Waals surface area contributed by atoms with Crippen LogP contribution >= 0.6 is 0 Å². The summed E-state index contributed by atoms with van der Waals surface area (Å²) in [6, 6.07) is 0. The maximum atomic E-state index is 11.1. The van der Waals surface area contributed by atoms with Crippen LogP contribution in [0.2, 0.25) is 0 Å². The van der Waals surface area contributed by atoms with Gasteiger partial charge in [-0.2, -0.15) is 0 Å². The highest BCUT2D eigenvalue weighted by molar-refractivity contribution is 5.78. The summed E-state index contributed by atoms with van der Waals surface area (Å²) in [4.78, 5) is 21.9. The molecular weight excluding hydrogens is 198 g/mol. The normalized spacial score (nSPS) is 9.73. The molecule has 0 unspecified atom stereocenters. The van der Waals surface area contributed by atoms with E-state index in [-0.39, 0.29) is 18.4 Å². The summed E-state index contributed by atoms with van der Waals surface area (Å²) in [6.07, 6.45) is 0.362. The topological polar surface area (TPSA) is 79.5 Å². The van der Waals surface area contributed by atoms with Gasteiger partial charge in [0.25, 0.3) is 0 Å². The van der Waals surface area contributed by atoms with E-state index in [0.29, 0.717) is 26.1 Å². The molecule has 0 aliphatic carbocycles. The summed E-state index contributed by atoms with van der Waals surface area (Å²) >= 11 is 0. The van der Waals surface area contributed by atoms with Crippen LogP contribution < -0.4 is 16.0 Å². The first kappa shape index (κ1) is 13.9. The third-order valence-electron chi connectivity index (χ3n) is 1.72. The fourth-order valence-corrected chi connectivity index (χ4v) is 0.873. The minimum Gasteiger partial charge on any atom is -0.383 e. The summed E-state index contributed by atoms with van der Waals surface area (Å²) in [5.41, 5.74) is 0. The maximum Gasteiger partial charge on any atom is 0.233 e. The predicted molar refractivity (Wildman–Crippen MR) is 56.4 cm³/mol. The Morgan fingerprint density at radius 3 is 2.53 bits per heavy atom. The van der Waals surface area contributed by atoms with E-state index in [1.165, 1.54) is 0 Å². The lowest BCUT2D eigenvalue weighted by Gasteiger charge is -2.05. The lowest BCUT2D eigenvalue weighted by Crippen LogP contribution is -2.34. The van der Waals surface area contributed by atoms with Crippen molar-refractivity contribution in [2.45, 2.75) is 6.42 Å². The van der Waals surface area contributed by atoms with Crippen molar-refractivity contribution in [1.82, 2.24) is 16.0 Å². The van der Waals surface area contributed by atoms with Crippen LogP contribution in [0.3, 0.4) is 0 Å². The second-order valence-electron chi connectivity index (χ2n) is 2.94. The highest BCUT2D eigenvalue weighted by Crippen LogP contribution is 1.77. The van der Waals surface area contributed by atoms with E-state index in [0.717, 1.165) is 0 Å². The van der Waals surface area contributed by atoms with Gasteiger partial charge in [-0.05, 0) is 0 Å². The molecule has 0 aliphatic rings. The van der Waals surface area contributed by atoms with Crippen LogP contribution in [-0.4, -0.2) is 52.2 Å². The van der Waals surface area contributed by atoms with Gasteiger partial charge in [0.1, 0.15) is 0 Å². The van der Waals surface area contributed by atoms with Gasteiger partial charge >= 0.3 is 0 Å². The van der Waals surface area contributed by atoms with Gasteiger partial charge < -0.3 is 20.7 Å². The van der Waals surface area contributed by atoms with Crippen LogP contribution in [-0.2, 0) is 14.3 Å². The Bertz CT molecular complexity index is 197. The predicted octanol–water partition coefficient (Wildman–Crippen LogP) is -1.53. The van der Waals surface area contributed by atoms with Crippen LogP contribution in [0.1, 0.15) is 6.42 Å². The third kappa shape index (κ3) is 9.17. The molecule has 6 heteroatoms. The largest absolute Gasteiger partial charge is 0.383 e. The first-order chi connectivity index (χ1) is 7.20. The van der Waals surface area contributed by atoms with Crippen molar-refractivity contribution >= 4 is 11.8 Å². The van der Waals surface area contributed by atoms with Gasteiger partial charge in [0, 0.05) is 33.7 Å². The van der Waals surface area contributed by atoms with E-state index in [1.807, 2.05) is 0 Å². The van der Waals surface area contributed by atoms with Crippen LogP contribution in [0.5, 0.6) is 0 Å². The van der Waals surface area contributed by atoms with Crippen molar-refractivity contribution in [2.75, 3.05) is 40.4 Å². The number of nitrogens with one attached hydrogen (secondary N) is 3. The Morgan fingerprint density at radius 2 is 1.93 bits per heavy atom. The van der Waals surface area contributed by atoms with Crippen molar-refractivity contribution in [3.8, 4) is 0 Å². The Balaban J connectivity index is 3.27. The van der Waals surface area contributed by atoms with Crippen molar-refractivity contribution in [3.63, 3.8) is 0 Å². The highest BCUT2D eigenvalue weighted by Gasteiger charge is 2.00. The number of methoxy groups -OCH3 is 1. The molecule has 0 fully saturated rings. The number of ether oxygens (including phenoxy) is 1. The molecule has 88 valence electrons. The molecule has 0 aromatic carbocycles. The second-order valence-corrected chi connectivity index (χ2v) is 2.94. The van der Waals surface area contributed by atoms with Crippen LogP contribution in [0.25, 0.3) is 0 Å². The number of rotatable bonds is 8. The van der Waals surface area contributed by atoms with Crippen molar-refractivity contribution in [1.29, 1.82) is 0 Å². The SMILES string of the molecule is CNC(=O)CNCCC(=O)NCCOC. The van der Waals surface area contributed by atoms with Crippen LogP contribution in [0.4, 0.5) is 0 Å². The summed E-state index contributed by atoms with van der Waals surface area (Å²) in [5.74, 6) is -0.133. The summed E-state index contributed by atoms with van der Waals surface area (Å²) in [5, 5.41) is 8.01. The van der Waals surface area contributed by atoms with Gasteiger partial charge in [0.2, 0.25) is 11.8 Å². The Labute approximate surface area is 89.7 Å². The van der Waals surface area contributed by atoms with E-state index in [2.05, 4.69) is 16.0 Å². The van der Waals surface area contributed by atoms with Crippen LogP contribution in [0, 0.1) is 0 Å². The summed E-state index contributed by atoms with van der Waals surface area (Å²) in [7, 11) is 3.15. The number of hydrogen-bond acceptors (Lipinski definition) is 4. The highest BCUT2D eigenvalue weighted by atomic mass is 16.5. The molecule has 6 nitrogen and oxygen atoms in total. The average molecular weight is 217 g/mol. The monoisotopic (exact) mass is 217 g/mol. The molecule has 0 atom stereocenters. The summed E-state index contributed by atoms with van der Waals surface area (Å²) in [6.45, 7) is 1.76. The second kappa shape index (κ2) is 9.42. The van der Waals surface area contributed by atoms with Gasteiger partial charge in [-0.25, -0.2) is 0 Å². The fraction of sp³-hybridized carbons (Fsp3) is 0.778. The van der Waals surface area contributed by atoms with E-state index >= 15 is 0 Å². The molecule has 0 saturated carbocycles. The van der Waals surface area contributed by atoms with Gasteiger partial charge in [0.05, 0.1) is 13.2 Å². The third-order valence-corrected chi connectivity index (χ3v) is 1.72. The molecule has 3 N–H and O–H groups in total.